The largest absolute Gasteiger partial charge is 0.338 e. The summed E-state index contributed by atoms with van der Waals surface area (Å²) < 4.78 is 0. The van der Waals surface area contributed by atoms with Crippen molar-refractivity contribution in [3.63, 3.8) is 0 Å². The van der Waals surface area contributed by atoms with E-state index in [1.807, 2.05) is 38.1 Å². The highest BCUT2D eigenvalue weighted by atomic mass is 16.2. The molecule has 0 atom stereocenters. The number of hydrogen-bond donors (Lipinski definition) is 0. The summed E-state index contributed by atoms with van der Waals surface area (Å²) >= 11 is 0. The van der Waals surface area contributed by atoms with Crippen LogP contribution in [0.5, 0.6) is 0 Å². The summed E-state index contributed by atoms with van der Waals surface area (Å²) in [5, 5.41) is 8.82. The van der Waals surface area contributed by atoms with Crippen molar-refractivity contribution in [1.82, 2.24) is 4.90 Å². The molecule has 0 heterocycles. The Morgan fingerprint density at radius 1 is 1.50 bits per heavy atom. The number of amides is 1. The second-order valence-electron chi connectivity index (χ2n) is 4.27. The predicted octanol–water partition coefficient (Wildman–Crippen LogP) is 2.87. The van der Waals surface area contributed by atoms with Crippen LogP contribution in [0, 0.1) is 11.3 Å². The van der Waals surface area contributed by atoms with E-state index < -0.39 is 0 Å². The first-order valence-corrected chi connectivity index (χ1v) is 5.99. The lowest BCUT2D eigenvalue weighted by Gasteiger charge is -2.17. The minimum Gasteiger partial charge on any atom is -0.338 e. The van der Waals surface area contributed by atoms with Crippen molar-refractivity contribution >= 4 is 5.91 Å². The summed E-state index contributed by atoms with van der Waals surface area (Å²) in [5.41, 5.74) is 2.35. The van der Waals surface area contributed by atoms with Gasteiger partial charge >= 0.3 is 0 Å². The second kappa shape index (κ2) is 6.61. The maximum atomic E-state index is 12.0. The fourth-order valence-corrected chi connectivity index (χ4v) is 1.78. The number of carbonyl (C=O) groups is 1. The molecule has 0 aromatic heterocycles. The van der Waals surface area contributed by atoms with Crippen molar-refractivity contribution in [2.45, 2.75) is 26.8 Å². The highest BCUT2D eigenvalue weighted by Gasteiger charge is 2.10. The normalized spacial score (nSPS) is 10.9. The molecule has 0 aliphatic carbocycles. The van der Waals surface area contributed by atoms with Gasteiger partial charge in [0.15, 0.2) is 0 Å². The van der Waals surface area contributed by atoms with Gasteiger partial charge in [-0.3, -0.25) is 4.79 Å². The zero-order valence-electron chi connectivity index (χ0n) is 11.1. The Labute approximate surface area is 108 Å². The Balaban J connectivity index is 2.75. The summed E-state index contributed by atoms with van der Waals surface area (Å²) in [6.07, 6.45) is 2.78. The molecule has 18 heavy (non-hydrogen) atoms. The van der Waals surface area contributed by atoms with E-state index in [0.717, 1.165) is 17.6 Å². The summed E-state index contributed by atoms with van der Waals surface area (Å²) in [6.45, 7) is 4.35. The van der Waals surface area contributed by atoms with E-state index in [1.54, 1.807) is 18.0 Å². The maximum absolute atomic E-state index is 12.0. The molecule has 3 heteroatoms. The van der Waals surface area contributed by atoms with Crippen LogP contribution in [-0.2, 0) is 11.3 Å². The smallest absolute Gasteiger partial charge is 0.249 e. The third-order valence-corrected chi connectivity index (χ3v) is 2.67. The first-order chi connectivity index (χ1) is 8.58. The van der Waals surface area contributed by atoms with Gasteiger partial charge in [-0.2, -0.15) is 5.26 Å². The number of nitrogens with zero attached hydrogens (tertiary/aromatic N) is 2. The standard InChI is InChI=1S/C15H18N2O/c1-4-6-12(2)15(18)17(3)11-14-8-5-7-13(9-14)10-16/h5-9H,4,11H2,1-3H3. The Morgan fingerprint density at radius 3 is 2.83 bits per heavy atom. The van der Waals surface area contributed by atoms with Gasteiger partial charge in [-0.1, -0.05) is 25.1 Å². The van der Waals surface area contributed by atoms with E-state index in [-0.39, 0.29) is 5.91 Å². The van der Waals surface area contributed by atoms with Gasteiger partial charge in [-0.15, -0.1) is 0 Å². The third-order valence-electron chi connectivity index (χ3n) is 2.67. The Hall–Kier alpha value is -2.08. The number of allylic oxidation sites excluding steroid dienone is 1. The van der Waals surface area contributed by atoms with Crippen LogP contribution >= 0.6 is 0 Å². The van der Waals surface area contributed by atoms with Gasteiger partial charge in [0.2, 0.25) is 5.91 Å². The van der Waals surface area contributed by atoms with Gasteiger partial charge in [0.1, 0.15) is 0 Å². The van der Waals surface area contributed by atoms with E-state index in [0.29, 0.717) is 12.1 Å². The molecule has 1 amide bonds. The molecular formula is C15H18N2O. The van der Waals surface area contributed by atoms with Crippen LogP contribution < -0.4 is 0 Å². The number of benzene rings is 1. The topological polar surface area (TPSA) is 44.1 Å². The first-order valence-electron chi connectivity index (χ1n) is 5.99. The number of hydrogen-bond acceptors (Lipinski definition) is 2. The molecule has 1 aromatic carbocycles. The van der Waals surface area contributed by atoms with E-state index in [1.165, 1.54) is 0 Å². The number of nitriles is 1. The van der Waals surface area contributed by atoms with Crippen LogP contribution in [-0.4, -0.2) is 17.9 Å². The zero-order valence-corrected chi connectivity index (χ0v) is 11.1. The molecule has 0 aliphatic rings. The van der Waals surface area contributed by atoms with Gasteiger partial charge in [0, 0.05) is 19.2 Å². The SMILES string of the molecule is CCC=C(C)C(=O)N(C)Cc1cccc(C#N)c1. The quantitative estimate of drug-likeness (QED) is 0.762. The summed E-state index contributed by atoms with van der Waals surface area (Å²) in [5.74, 6) is 0.0270. The van der Waals surface area contributed by atoms with Crippen LogP contribution in [0.4, 0.5) is 0 Å². The van der Waals surface area contributed by atoms with Crippen molar-refractivity contribution in [1.29, 1.82) is 5.26 Å². The molecule has 1 aromatic rings. The Kier molecular flexibility index (Phi) is 5.13. The fraction of sp³-hybridized carbons (Fsp3) is 0.333. The lowest BCUT2D eigenvalue weighted by molar-refractivity contribution is -0.126. The van der Waals surface area contributed by atoms with Crippen molar-refractivity contribution in [3.05, 3.63) is 47.0 Å². The van der Waals surface area contributed by atoms with Crippen LogP contribution in [0.2, 0.25) is 0 Å². The third kappa shape index (κ3) is 3.74. The molecule has 0 bridgehead atoms. The average molecular weight is 242 g/mol. The minimum atomic E-state index is 0.0270. The lowest BCUT2D eigenvalue weighted by atomic mass is 10.1. The fourth-order valence-electron chi connectivity index (χ4n) is 1.78. The van der Waals surface area contributed by atoms with E-state index in [9.17, 15) is 4.79 Å². The van der Waals surface area contributed by atoms with E-state index >= 15 is 0 Å². The second-order valence-corrected chi connectivity index (χ2v) is 4.27. The maximum Gasteiger partial charge on any atom is 0.249 e. The Morgan fingerprint density at radius 2 is 2.22 bits per heavy atom. The van der Waals surface area contributed by atoms with Crippen molar-refractivity contribution < 1.29 is 4.79 Å². The lowest BCUT2D eigenvalue weighted by Crippen LogP contribution is -2.26. The molecule has 0 saturated heterocycles. The van der Waals surface area contributed by atoms with Gasteiger partial charge < -0.3 is 4.90 Å². The zero-order chi connectivity index (χ0) is 13.5. The molecule has 94 valence electrons. The van der Waals surface area contributed by atoms with E-state index in [2.05, 4.69) is 6.07 Å². The minimum absolute atomic E-state index is 0.0270. The monoisotopic (exact) mass is 242 g/mol. The number of rotatable bonds is 4. The van der Waals surface area contributed by atoms with Crippen LogP contribution in [0.15, 0.2) is 35.9 Å². The molecule has 0 unspecified atom stereocenters. The summed E-state index contributed by atoms with van der Waals surface area (Å²) in [7, 11) is 1.77. The summed E-state index contributed by atoms with van der Waals surface area (Å²) in [6, 6.07) is 9.42. The molecule has 1 rings (SSSR count). The number of carbonyl (C=O) groups excluding carboxylic acids is 1. The molecule has 0 spiro atoms. The average Bonchev–Trinajstić information content (AvgIpc) is 2.38. The van der Waals surface area contributed by atoms with Crippen LogP contribution in [0.25, 0.3) is 0 Å². The van der Waals surface area contributed by atoms with Gasteiger partial charge in [0.25, 0.3) is 0 Å². The van der Waals surface area contributed by atoms with Crippen molar-refractivity contribution in [3.8, 4) is 6.07 Å². The Bertz CT molecular complexity index is 497. The van der Waals surface area contributed by atoms with Gasteiger partial charge in [-0.25, -0.2) is 0 Å². The number of likely N-dealkylation sites (N-methyl/N-ethyl adjacent to an activating group) is 1. The highest BCUT2D eigenvalue weighted by Crippen LogP contribution is 2.09. The molecular weight excluding hydrogens is 224 g/mol. The van der Waals surface area contributed by atoms with Crippen LogP contribution in [0.3, 0.4) is 0 Å². The first kappa shape index (κ1) is 14.0. The van der Waals surface area contributed by atoms with Crippen molar-refractivity contribution in [2.24, 2.45) is 0 Å². The van der Waals surface area contributed by atoms with Gasteiger partial charge in [-0.05, 0) is 31.0 Å². The molecule has 0 N–H and O–H groups in total. The molecule has 0 radical (unpaired) electrons. The highest BCUT2D eigenvalue weighted by molar-refractivity contribution is 5.92. The predicted molar refractivity (Wildman–Crippen MR) is 71.7 cm³/mol. The molecule has 0 saturated carbocycles. The molecule has 0 aliphatic heterocycles. The summed E-state index contributed by atoms with van der Waals surface area (Å²) in [4.78, 5) is 13.6. The van der Waals surface area contributed by atoms with E-state index in [4.69, 9.17) is 5.26 Å². The van der Waals surface area contributed by atoms with Crippen LogP contribution in [0.1, 0.15) is 31.4 Å². The van der Waals surface area contributed by atoms with Crippen molar-refractivity contribution in [2.75, 3.05) is 7.05 Å². The van der Waals surface area contributed by atoms with Gasteiger partial charge in [0.05, 0.1) is 11.6 Å². The molecule has 3 nitrogen and oxygen atoms in total. The molecule has 0 fully saturated rings.